The lowest BCUT2D eigenvalue weighted by Gasteiger charge is -2.37. The van der Waals surface area contributed by atoms with Crippen molar-refractivity contribution in [3.63, 3.8) is 0 Å². The van der Waals surface area contributed by atoms with Crippen LogP contribution in [-0.2, 0) is 14.4 Å². The summed E-state index contributed by atoms with van der Waals surface area (Å²) >= 11 is 0. The van der Waals surface area contributed by atoms with E-state index in [9.17, 15) is 24.6 Å². The summed E-state index contributed by atoms with van der Waals surface area (Å²) in [6.45, 7) is 8.06. The van der Waals surface area contributed by atoms with Gasteiger partial charge in [0, 0.05) is 18.8 Å². The molecule has 66 heavy (non-hydrogen) atoms. The maximum absolute atomic E-state index is 11.2. The molecule has 0 aromatic heterocycles. The van der Waals surface area contributed by atoms with E-state index in [1.54, 1.807) is 5.57 Å². The third-order valence-electron chi connectivity index (χ3n) is 14.0. The lowest BCUT2D eigenvalue weighted by atomic mass is 9.68. The molecule has 4 N–H and O–H groups in total. The first-order valence-electron chi connectivity index (χ1n) is 28.8. The number of carbonyl (C=O) groups excluding carboxylic acids is 1. The molecule has 0 amide bonds. The van der Waals surface area contributed by atoms with Crippen molar-refractivity contribution in [1.82, 2.24) is 0 Å². The van der Waals surface area contributed by atoms with E-state index in [0.29, 0.717) is 18.4 Å². The van der Waals surface area contributed by atoms with Crippen LogP contribution in [0.4, 0.5) is 0 Å². The third kappa shape index (κ3) is 48.5. The Bertz CT molecular complexity index is 1080. The Labute approximate surface area is 409 Å². The van der Waals surface area contributed by atoms with Crippen LogP contribution in [0.3, 0.4) is 0 Å². The van der Waals surface area contributed by atoms with Crippen LogP contribution in [-0.4, -0.2) is 60.5 Å². The smallest absolute Gasteiger partial charge is 0.303 e. The number of nitrogens with one attached hydrogen (secondary N) is 1. The van der Waals surface area contributed by atoms with Gasteiger partial charge >= 0.3 is 11.9 Å². The summed E-state index contributed by atoms with van der Waals surface area (Å²) in [5.74, 6) is -0.210. The van der Waals surface area contributed by atoms with Crippen molar-refractivity contribution >= 4 is 17.9 Å². The first-order chi connectivity index (χ1) is 32.0. The van der Waals surface area contributed by atoms with Crippen molar-refractivity contribution in [3.8, 4) is 0 Å². The molecule has 0 saturated heterocycles. The number of allylic oxidation sites excluding steroid dienone is 2. The van der Waals surface area contributed by atoms with Gasteiger partial charge in [-0.25, -0.2) is 0 Å². The van der Waals surface area contributed by atoms with Crippen LogP contribution < -0.4 is 10.0 Å². The molecule has 0 aliphatic heterocycles. The van der Waals surface area contributed by atoms with Crippen LogP contribution in [0.1, 0.15) is 297 Å². The molecule has 0 radical (unpaired) electrons. The highest BCUT2D eigenvalue weighted by atomic mass is 16.4. The monoisotopic (exact) mass is 936 g/mol. The van der Waals surface area contributed by atoms with E-state index in [2.05, 4.69) is 26.8 Å². The Kier molecular flexibility index (Phi) is 52.6. The van der Waals surface area contributed by atoms with Gasteiger partial charge in [0.05, 0.1) is 20.7 Å². The number of hydrogen-bond acceptors (Lipinski definition) is 5. The number of likely N-dealkylation sites (N-methyl/N-ethyl adjacent to an activating group) is 1. The van der Waals surface area contributed by atoms with Crippen LogP contribution >= 0.6 is 0 Å². The van der Waals surface area contributed by atoms with E-state index in [1.807, 2.05) is 14.1 Å². The first kappa shape index (κ1) is 66.2. The van der Waals surface area contributed by atoms with Crippen LogP contribution in [0.2, 0.25) is 0 Å². The Morgan fingerprint density at radius 1 is 0.455 bits per heavy atom. The highest BCUT2D eigenvalue weighted by Gasteiger charge is 2.31. The zero-order chi connectivity index (χ0) is 49.1. The summed E-state index contributed by atoms with van der Waals surface area (Å²) in [7, 11) is 4.02. The predicted molar refractivity (Wildman–Crippen MR) is 279 cm³/mol. The molecule has 0 spiro atoms. The number of aliphatic carboxylic acids is 3. The summed E-state index contributed by atoms with van der Waals surface area (Å²) in [5, 5.41) is 37.4. The van der Waals surface area contributed by atoms with Crippen LogP contribution in [0.15, 0.2) is 11.6 Å². The zero-order valence-corrected chi connectivity index (χ0v) is 44.6. The highest BCUT2D eigenvalue weighted by molar-refractivity contribution is 5.66. The van der Waals surface area contributed by atoms with Crippen LogP contribution in [0.5, 0.6) is 0 Å². The maximum Gasteiger partial charge on any atom is 0.303 e. The Morgan fingerprint density at radius 2 is 0.803 bits per heavy atom. The number of carboxylic acids is 3. The van der Waals surface area contributed by atoms with Gasteiger partial charge in [-0.2, -0.15) is 0 Å². The molecule has 3 unspecified atom stereocenters. The molecule has 392 valence electrons. The molecule has 8 heteroatoms. The van der Waals surface area contributed by atoms with E-state index in [1.165, 1.54) is 198 Å². The van der Waals surface area contributed by atoms with E-state index < -0.39 is 17.9 Å². The molecule has 0 saturated carbocycles. The second-order valence-electron chi connectivity index (χ2n) is 20.6. The minimum Gasteiger partial charge on any atom is -0.550 e. The standard InChI is InChI=1S/C54H102O6.C4H11NO/c1-4-7-10-13-21-30-39-48(41-32-23-16-18-27-36-45-52(55)56)50(43-34-25-15-12-9-6-3)51(44-35-26-20-29-38-47-54(59)60)49(40-31-22-14-11-8-5-2)42-33-24-17-19-28-37-46-53(57)58;1-5(2)3-4-6/h41,49-51H,4-40,42-47H2,1-3H3,(H,55,56)(H,57,58)(H,59,60);6H,3-4H2,1-2H3/b48-41-;. The van der Waals surface area contributed by atoms with Crippen molar-refractivity contribution in [2.24, 2.45) is 17.8 Å². The second-order valence-corrected chi connectivity index (χ2v) is 20.6. The van der Waals surface area contributed by atoms with Gasteiger partial charge in [0.1, 0.15) is 6.54 Å². The fraction of sp³-hybridized carbons (Fsp3) is 0.914. The number of aliphatic hydroxyl groups excluding tert-OH is 1. The summed E-state index contributed by atoms with van der Waals surface area (Å²) in [6.07, 6.45) is 52.3. The summed E-state index contributed by atoms with van der Waals surface area (Å²) in [5.41, 5.74) is 1.78. The SMILES string of the molecule is CCCCCCCC/C(=C/CCCCCCCC(=O)O)C(CCCCCCCC)C(CCCCCCCC(=O)O)C(CCCCCCCC)CCCCCCCCC(=O)[O-].C[NH+](C)CCO. The molecule has 0 rings (SSSR count). The van der Waals surface area contributed by atoms with E-state index >= 15 is 0 Å². The Morgan fingerprint density at radius 3 is 1.18 bits per heavy atom. The lowest BCUT2D eigenvalue weighted by Crippen LogP contribution is -3.06. The molecule has 0 aromatic carbocycles. The average molecular weight is 937 g/mol. The van der Waals surface area contributed by atoms with Gasteiger partial charge in [-0.1, -0.05) is 231 Å². The van der Waals surface area contributed by atoms with Crippen LogP contribution in [0.25, 0.3) is 0 Å². The van der Waals surface area contributed by atoms with Crippen molar-refractivity contribution in [2.75, 3.05) is 27.2 Å². The zero-order valence-electron chi connectivity index (χ0n) is 44.6. The Balaban J connectivity index is 0. The summed E-state index contributed by atoms with van der Waals surface area (Å²) in [4.78, 5) is 34.4. The molecule has 8 nitrogen and oxygen atoms in total. The molecule has 0 aromatic rings. The topological polar surface area (TPSA) is 139 Å². The number of rotatable bonds is 51. The number of carbonyl (C=O) groups is 3. The molecule has 0 bridgehead atoms. The number of carboxylic acid groups (broad SMARTS) is 3. The molecule has 0 fully saturated rings. The van der Waals surface area contributed by atoms with Crippen molar-refractivity contribution in [3.05, 3.63) is 11.6 Å². The predicted octanol–water partition coefficient (Wildman–Crippen LogP) is 14.6. The minimum absolute atomic E-state index is 0.183. The fourth-order valence-electron chi connectivity index (χ4n) is 9.92. The molecular formula is C58H113NO7. The summed E-state index contributed by atoms with van der Waals surface area (Å²) in [6, 6.07) is 0. The number of unbranched alkanes of at least 4 members (excludes halogenated alkanes) is 29. The largest absolute Gasteiger partial charge is 0.550 e. The number of aliphatic hydroxyl groups is 1. The molecule has 3 atom stereocenters. The second kappa shape index (κ2) is 52.4. The van der Waals surface area contributed by atoms with E-state index in [4.69, 9.17) is 10.2 Å². The van der Waals surface area contributed by atoms with Gasteiger partial charge in [0.2, 0.25) is 0 Å². The Hall–Kier alpha value is -1.93. The fourth-order valence-corrected chi connectivity index (χ4v) is 9.92. The molecular weight excluding hydrogens is 823 g/mol. The highest BCUT2D eigenvalue weighted by Crippen LogP contribution is 2.42. The van der Waals surface area contributed by atoms with Gasteiger partial charge in [-0.05, 0) is 82.0 Å². The number of hydrogen-bond donors (Lipinski definition) is 4. The lowest BCUT2D eigenvalue weighted by molar-refractivity contribution is -0.858. The average Bonchev–Trinajstić information content (AvgIpc) is 3.27. The van der Waals surface area contributed by atoms with Crippen molar-refractivity contribution in [1.29, 1.82) is 0 Å². The van der Waals surface area contributed by atoms with Crippen molar-refractivity contribution in [2.45, 2.75) is 297 Å². The van der Waals surface area contributed by atoms with Gasteiger partial charge in [-0.3, -0.25) is 9.59 Å². The normalized spacial score (nSPS) is 13.1. The first-order valence-corrected chi connectivity index (χ1v) is 28.8. The molecule has 0 aliphatic carbocycles. The maximum atomic E-state index is 11.2. The van der Waals surface area contributed by atoms with E-state index in [-0.39, 0.29) is 19.3 Å². The van der Waals surface area contributed by atoms with Gasteiger partial charge in [0.15, 0.2) is 0 Å². The van der Waals surface area contributed by atoms with Crippen molar-refractivity contribution < 1.29 is 39.7 Å². The van der Waals surface area contributed by atoms with E-state index in [0.717, 1.165) is 76.7 Å². The number of quaternary nitrogens is 1. The minimum atomic E-state index is -0.924. The van der Waals surface area contributed by atoms with Gasteiger partial charge in [-0.15, -0.1) is 0 Å². The van der Waals surface area contributed by atoms with Gasteiger partial charge in [0.25, 0.3) is 0 Å². The van der Waals surface area contributed by atoms with Gasteiger partial charge < -0.3 is 30.1 Å². The molecule has 0 heterocycles. The molecule has 0 aliphatic rings. The van der Waals surface area contributed by atoms with Crippen LogP contribution in [0, 0.1) is 17.8 Å². The third-order valence-corrected chi connectivity index (χ3v) is 14.0. The quantitative estimate of drug-likeness (QED) is 0.0352. The summed E-state index contributed by atoms with van der Waals surface area (Å²) < 4.78 is 0.